The molecule has 1 heterocycles. The Kier molecular flexibility index (Phi) is 5.13. The van der Waals surface area contributed by atoms with Crippen molar-refractivity contribution in [2.24, 2.45) is 0 Å². The predicted octanol–water partition coefficient (Wildman–Crippen LogP) is 3.20. The maximum absolute atomic E-state index is 11.8. The van der Waals surface area contributed by atoms with Crippen LogP contribution in [0, 0.1) is 11.3 Å². The number of benzene rings is 1. The third-order valence-corrected chi connectivity index (χ3v) is 5.20. The molecule has 1 unspecified atom stereocenters. The van der Waals surface area contributed by atoms with E-state index in [0.29, 0.717) is 17.9 Å². The Morgan fingerprint density at radius 3 is 2.68 bits per heavy atom. The van der Waals surface area contributed by atoms with Gasteiger partial charge in [-0.3, -0.25) is 4.21 Å². The van der Waals surface area contributed by atoms with Crippen molar-refractivity contribution in [3.05, 3.63) is 47.3 Å². The van der Waals surface area contributed by atoms with Gasteiger partial charge in [0.15, 0.2) is 0 Å². The number of nitriles is 1. The Morgan fingerprint density at radius 1 is 1.26 bits per heavy atom. The Bertz CT molecular complexity index is 570. The summed E-state index contributed by atoms with van der Waals surface area (Å²) in [4.78, 5) is 0. The fourth-order valence-corrected chi connectivity index (χ4v) is 3.61. The highest BCUT2D eigenvalue weighted by atomic mass is 32.2. The zero-order valence-corrected chi connectivity index (χ0v) is 11.9. The van der Waals surface area contributed by atoms with E-state index < -0.39 is 10.8 Å². The Balaban J connectivity index is 1.72. The van der Waals surface area contributed by atoms with Crippen LogP contribution in [0.25, 0.3) is 0 Å². The first kappa shape index (κ1) is 13.8. The standard InChI is InChI=1S/C14H13NO2S2/c15-11-12-4-6-13(7-5-12)17-8-2-10-19(16)14-3-1-9-18-14/h1,3-7,9H,2,8,10H2. The van der Waals surface area contributed by atoms with Crippen molar-refractivity contribution >= 4 is 22.1 Å². The zero-order chi connectivity index (χ0) is 13.5. The summed E-state index contributed by atoms with van der Waals surface area (Å²) >= 11 is 1.52. The van der Waals surface area contributed by atoms with Crippen molar-refractivity contribution in [2.75, 3.05) is 12.4 Å². The van der Waals surface area contributed by atoms with Crippen LogP contribution in [-0.4, -0.2) is 16.6 Å². The fraction of sp³-hybridized carbons (Fsp3) is 0.214. The predicted molar refractivity (Wildman–Crippen MR) is 76.9 cm³/mol. The van der Waals surface area contributed by atoms with Gasteiger partial charge in [-0.15, -0.1) is 11.3 Å². The van der Waals surface area contributed by atoms with Gasteiger partial charge in [0.25, 0.3) is 0 Å². The molecule has 1 aromatic heterocycles. The Hall–Kier alpha value is -1.64. The second-order valence-corrected chi connectivity index (χ2v) is 6.57. The Morgan fingerprint density at radius 2 is 2.05 bits per heavy atom. The minimum Gasteiger partial charge on any atom is -0.494 e. The van der Waals surface area contributed by atoms with Crippen molar-refractivity contribution < 1.29 is 8.95 Å². The topological polar surface area (TPSA) is 50.1 Å². The highest BCUT2D eigenvalue weighted by molar-refractivity contribution is 7.87. The minimum absolute atomic E-state index is 0.531. The third-order valence-electron chi connectivity index (χ3n) is 2.45. The molecule has 0 amide bonds. The Labute approximate surface area is 118 Å². The molecular weight excluding hydrogens is 278 g/mol. The molecular formula is C14H13NO2S2. The van der Waals surface area contributed by atoms with Crippen LogP contribution in [0.4, 0.5) is 0 Å². The molecule has 3 nitrogen and oxygen atoms in total. The van der Waals surface area contributed by atoms with Gasteiger partial charge in [0, 0.05) is 5.75 Å². The number of hydrogen-bond donors (Lipinski definition) is 0. The van der Waals surface area contributed by atoms with Crippen molar-refractivity contribution in [2.45, 2.75) is 10.6 Å². The first-order valence-electron chi connectivity index (χ1n) is 5.84. The fourth-order valence-electron chi connectivity index (χ4n) is 1.50. The quantitative estimate of drug-likeness (QED) is 0.768. The lowest BCUT2D eigenvalue weighted by molar-refractivity contribution is 0.318. The minimum atomic E-state index is -0.920. The molecule has 0 fully saturated rings. The SMILES string of the molecule is N#Cc1ccc(OCCCS(=O)c2cccs2)cc1. The molecule has 0 radical (unpaired) electrons. The van der Waals surface area contributed by atoms with Gasteiger partial charge in [-0.25, -0.2) is 0 Å². The van der Waals surface area contributed by atoms with Gasteiger partial charge in [0.2, 0.25) is 0 Å². The summed E-state index contributed by atoms with van der Waals surface area (Å²) in [5, 5.41) is 10.6. The lowest BCUT2D eigenvalue weighted by atomic mass is 10.2. The maximum Gasteiger partial charge on any atom is 0.119 e. The van der Waals surface area contributed by atoms with E-state index in [2.05, 4.69) is 6.07 Å². The highest BCUT2D eigenvalue weighted by Crippen LogP contribution is 2.15. The van der Waals surface area contributed by atoms with E-state index >= 15 is 0 Å². The van der Waals surface area contributed by atoms with Crippen LogP contribution in [0.1, 0.15) is 12.0 Å². The van der Waals surface area contributed by atoms with Crippen LogP contribution in [0.2, 0.25) is 0 Å². The van der Waals surface area contributed by atoms with Crippen LogP contribution >= 0.6 is 11.3 Å². The monoisotopic (exact) mass is 291 g/mol. The molecule has 0 aliphatic carbocycles. The molecule has 0 saturated carbocycles. The number of hydrogen-bond acceptors (Lipinski definition) is 4. The van der Waals surface area contributed by atoms with E-state index in [1.807, 2.05) is 17.5 Å². The molecule has 1 aromatic carbocycles. The van der Waals surface area contributed by atoms with E-state index in [1.165, 1.54) is 11.3 Å². The molecule has 98 valence electrons. The van der Waals surface area contributed by atoms with E-state index in [-0.39, 0.29) is 0 Å². The largest absolute Gasteiger partial charge is 0.494 e. The van der Waals surface area contributed by atoms with Crippen molar-refractivity contribution in [3.8, 4) is 11.8 Å². The lowest BCUT2D eigenvalue weighted by Crippen LogP contribution is -2.04. The van der Waals surface area contributed by atoms with Crippen LogP contribution in [0.3, 0.4) is 0 Å². The first-order valence-corrected chi connectivity index (χ1v) is 8.04. The second kappa shape index (κ2) is 7.07. The van der Waals surface area contributed by atoms with Gasteiger partial charge >= 0.3 is 0 Å². The second-order valence-electron chi connectivity index (χ2n) is 3.82. The zero-order valence-electron chi connectivity index (χ0n) is 10.2. The van der Waals surface area contributed by atoms with Gasteiger partial charge < -0.3 is 4.74 Å². The molecule has 0 spiro atoms. The normalized spacial score (nSPS) is 11.7. The molecule has 0 bridgehead atoms. The van der Waals surface area contributed by atoms with Crippen molar-refractivity contribution in [1.29, 1.82) is 5.26 Å². The van der Waals surface area contributed by atoms with Crippen molar-refractivity contribution in [3.63, 3.8) is 0 Å². The summed E-state index contributed by atoms with van der Waals surface area (Å²) in [5.41, 5.74) is 0.617. The molecule has 1 atom stereocenters. The molecule has 0 aliphatic heterocycles. The summed E-state index contributed by atoms with van der Waals surface area (Å²) in [6.07, 6.45) is 0.741. The van der Waals surface area contributed by atoms with Crippen LogP contribution in [0.15, 0.2) is 46.0 Å². The molecule has 2 rings (SSSR count). The summed E-state index contributed by atoms with van der Waals surface area (Å²) in [6.45, 7) is 0.531. The van der Waals surface area contributed by atoms with Crippen LogP contribution in [0.5, 0.6) is 5.75 Å². The average Bonchev–Trinajstić information content (AvgIpc) is 2.98. The number of rotatable bonds is 6. The molecule has 0 N–H and O–H groups in total. The van der Waals surface area contributed by atoms with E-state index in [0.717, 1.165) is 16.4 Å². The summed E-state index contributed by atoms with van der Waals surface area (Å²) in [6, 6.07) is 12.8. The summed E-state index contributed by atoms with van der Waals surface area (Å²) in [7, 11) is -0.920. The van der Waals surface area contributed by atoms with Crippen molar-refractivity contribution in [1.82, 2.24) is 0 Å². The lowest BCUT2D eigenvalue weighted by Gasteiger charge is -2.05. The number of nitrogens with zero attached hydrogens (tertiary/aromatic N) is 1. The third kappa shape index (κ3) is 4.19. The van der Waals surface area contributed by atoms with Gasteiger partial charge in [0.05, 0.1) is 33.2 Å². The highest BCUT2D eigenvalue weighted by Gasteiger charge is 2.04. The van der Waals surface area contributed by atoms with Gasteiger partial charge in [-0.05, 0) is 42.1 Å². The molecule has 0 saturated heterocycles. The molecule has 2 aromatic rings. The van der Waals surface area contributed by atoms with E-state index in [9.17, 15) is 4.21 Å². The van der Waals surface area contributed by atoms with Crippen LogP contribution < -0.4 is 4.74 Å². The molecule has 0 aliphatic rings. The summed E-state index contributed by atoms with van der Waals surface area (Å²) in [5.74, 6) is 1.34. The number of ether oxygens (including phenoxy) is 1. The summed E-state index contributed by atoms with van der Waals surface area (Å²) < 4.78 is 18.3. The molecule has 19 heavy (non-hydrogen) atoms. The number of thiophene rings is 1. The molecule has 5 heteroatoms. The van der Waals surface area contributed by atoms with E-state index in [4.69, 9.17) is 10.00 Å². The smallest absolute Gasteiger partial charge is 0.119 e. The van der Waals surface area contributed by atoms with Crippen LogP contribution in [-0.2, 0) is 10.8 Å². The van der Waals surface area contributed by atoms with Gasteiger partial charge in [-0.1, -0.05) is 6.07 Å². The first-order chi connectivity index (χ1) is 9.29. The average molecular weight is 291 g/mol. The maximum atomic E-state index is 11.8. The van der Waals surface area contributed by atoms with E-state index in [1.54, 1.807) is 24.3 Å². The van der Waals surface area contributed by atoms with Gasteiger partial charge in [-0.2, -0.15) is 5.26 Å². The van der Waals surface area contributed by atoms with Gasteiger partial charge in [0.1, 0.15) is 5.75 Å².